The molecule has 1 aliphatic carbocycles. The number of esters is 1. The van der Waals surface area contributed by atoms with Crippen molar-refractivity contribution in [3.05, 3.63) is 18.2 Å². The summed E-state index contributed by atoms with van der Waals surface area (Å²) >= 11 is 0. The molecule has 0 atom stereocenters. The second kappa shape index (κ2) is 5.47. The smallest absolute Gasteiger partial charge is 0.333 e. The van der Waals surface area contributed by atoms with Crippen LogP contribution in [0, 0.1) is 6.92 Å². The van der Waals surface area contributed by atoms with E-state index in [4.69, 9.17) is 4.74 Å². The van der Waals surface area contributed by atoms with Crippen LogP contribution in [-0.4, -0.2) is 35.2 Å². The quantitative estimate of drug-likeness (QED) is 0.678. The Kier molecular flexibility index (Phi) is 4.08. The highest BCUT2D eigenvalue weighted by Gasteiger charge is 2.50. The van der Waals surface area contributed by atoms with Crippen LogP contribution in [0.2, 0.25) is 0 Å². The molecule has 1 heterocycles. The molecule has 0 radical (unpaired) electrons. The van der Waals surface area contributed by atoms with Gasteiger partial charge in [0.2, 0.25) is 5.92 Å². The van der Waals surface area contributed by atoms with Crippen LogP contribution in [0.3, 0.4) is 0 Å². The fourth-order valence-electron chi connectivity index (χ4n) is 2.52. The Morgan fingerprint density at radius 3 is 2.60 bits per heavy atom. The van der Waals surface area contributed by atoms with Gasteiger partial charge in [0.1, 0.15) is 12.3 Å². The molecule has 0 amide bonds. The lowest BCUT2D eigenvalue weighted by molar-refractivity contribution is -0.162. The highest BCUT2D eigenvalue weighted by atomic mass is 19.3. The number of hydrogen-bond acceptors (Lipinski definition) is 4. The number of ether oxygens (including phenoxy) is 1. The zero-order valence-electron chi connectivity index (χ0n) is 11.7. The van der Waals surface area contributed by atoms with Gasteiger partial charge >= 0.3 is 5.97 Å². The average molecular weight is 287 g/mol. The maximum absolute atomic E-state index is 13.4. The molecule has 20 heavy (non-hydrogen) atoms. The predicted octanol–water partition coefficient (Wildman–Crippen LogP) is 1.82. The summed E-state index contributed by atoms with van der Waals surface area (Å²) in [6.45, 7) is 1.85. The lowest BCUT2D eigenvalue weighted by atomic mass is 9.79. The molecule has 1 fully saturated rings. The van der Waals surface area contributed by atoms with E-state index in [-0.39, 0.29) is 32.4 Å². The van der Waals surface area contributed by atoms with E-state index in [0.717, 1.165) is 5.69 Å². The Bertz CT molecular complexity index is 478. The first-order valence-electron chi connectivity index (χ1n) is 6.60. The zero-order valence-corrected chi connectivity index (χ0v) is 11.7. The third-order valence-corrected chi connectivity index (χ3v) is 3.74. The van der Waals surface area contributed by atoms with Crippen molar-refractivity contribution < 1.29 is 18.3 Å². The number of nitrogens with zero attached hydrogens (tertiary/aromatic N) is 2. The SMILES string of the molecule is CNCOC(=O)C1(n2cnc(C)c2)CCC(F)(F)CC1. The van der Waals surface area contributed by atoms with Crippen LogP contribution in [0.5, 0.6) is 0 Å². The van der Waals surface area contributed by atoms with E-state index in [1.54, 1.807) is 24.7 Å². The number of halogens is 2. The van der Waals surface area contributed by atoms with Crippen LogP contribution >= 0.6 is 0 Å². The molecule has 5 nitrogen and oxygen atoms in total. The number of imidazole rings is 1. The minimum Gasteiger partial charge on any atom is -0.448 e. The summed E-state index contributed by atoms with van der Waals surface area (Å²) in [5.41, 5.74) is -0.331. The van der Waals surface area contributed by atoms with Gasteiger partial charge in [0.25, 0.3) is 0 Å². The normalized spacial score (nSPS) is 20.6. The third kappa shape index (κ3) is 2.82. The predicted molar refractivity (Wildman–Crippen MR) is 68.4 cm³/mol. The Balaban J connectivity index is 2.27. The first kappa shape index (κ1) is 14.9. The molecule has 2 rings (SSSR count). The van der Waals surface area contributed by atoms with Crippen molar-refractivity contribution in [1.82, 2.24) is 14.9 Å². The van der Waals surface area contributed by atoms with E-state index in [9.17, 15) is 13.6 Å². The molecule has 0 saturated heterocycles. The monoisotopic (exact) mass is 287 g/mol. The minimum atomic E-state index is -2.71. The van der Waals surface area contributed by atoms with E-state index < -0.39 is 17.4 Å². The maximum Gasteiger partial charge on any atom is 0.333 e. The molecule has 1 saturated carbocycles. The van der Waals surface area contributed by atoms with E-state index in [0.29, 0.717) is 0 Å². The van der Waals surface area contributed by atoms with Gasteiger partial charge in [0.15, 0.2) is 0 Å². The van der Waals surface area contributed by atoms with Crippen molar-refractivity contribution in [2.45, 2.75) is 44.1 Å². The standard InChI is InChI=1S/C13H19F2N3O2/c1-10-7-18(8-17-10)12(11(19)20-9-16-2)3-5-13(14,15)6-4-12/h7-8,16H,3-6,9H2,1-2H3. The van der Waals surface area contributed by atoms with E-state index >= 15 is 0 Å². The van der Waals surface area contributed by atoms with Crippen LogP contribution in [0.15, 0.2) is 12.5 Å². The van der Waals surface area contributed by atoms with Crippen LogP contribution in [-0.2, 0) is 15.1 Å². The van der Waals surface area contributed by atoms with Crippen molar-refractivity contribution in [1.29, 1.82) is 0 Å². The topological polar surface area (TPSA) is 56.1 Å². The number of aromatic nitrogens is 2. The Morgan fingerprint density at radius 2 is 2.10 bits per heavy atom. The number of alkyl halides is 2. The third-order valence-electron chi connectivity index (χ3n) is 3.74. The average Bonchev–Trinajstić information content (AvgIpc) is 2.83. The fourth-order valence-corrected chi connectivity index (χ4v) is 2.52. The lowest BCUT2D eigenvalue weighted by Gasteiger charge is -2.38. The summed E-state index contributed by atoms with van der Waals surface area (Å²) in [5, 5.41) is 2.71. The number of nitrogens with one attached hydrogen (secondary N) is 1. The molecule has 1 aliphatic rings. The van der Waals surface area contributed by atoms with E-state index in [1.165, 1.54) is 6.33 Å². The molecule has 1 aromatic heterocycles. The summed E-state index contributed by atoms with van der Waals surface area (Å²) in [5.74, 6) is -3.19. The van der Waals surface area contributed by atoms with Gasteiger partial charge in [-0.2, -0.15) is 0 Å². The first-order valence-corrected chi connectivity index (χ1v) is 6.60. The molecular weight excluding hydrogens is 268 g/mol. The summed E-state index contributed by atoms with van der Waals surface area (Å²) in [6.07, 6.45) is 2.68. The van der Waals surface area contributed by atoms with Crippen molar-refractivity contribution in [3.8, 4) is 0 Å². The van der Waals surface area contributed by atoms with Gasteiger partial charge in [-0.15, -0.1) is 0 Å². The second-order valence-electron chi connectivity index (χ2n) is 5.24. The van der Waals surface area contributed by atoms with Crippen molar-refractivity contribution in [3.63, 3.8) is 0 Å². The van der Waals surface area contributed by atoms with Gasteiger partial charge < -0.3 is 9.30 Å². The highest BCUT2D eigenvalue weighted by molar-refractivity contribution is 5.79. The van der Waals surface area contributed by atoms with Crippen molar-refractivity contribution >= 4 is 5.97 Å². The van der Waals surface area contributed by atoms with Gasteiger partial charge in [0.05, 0.1) is 12.0 Å². The number of rotatable bonds is 4. The van der Waals surface area contributed by atoms with Crippen LogP contribution < -0.4 is 5.32 Å². The summed E-state index contributed by atoms with van der Waals surface area (Å²) in [6, 6.07) is 0. The van der Waals surface area contributed by atoms with E-state index in [2.05, 4.69) is 10.3 Å². The lowest BCUT2D eigenvalue weighted by Crippen LogP contribution is -2.48. The summed E-state index contributed by atoms with van der Waals surface area (Å²) < 4.78 is 33.5. The molecule has 0 bridgehead atoms. The second-order valence-corrected chi connectivity index (χ2v) is 5.24. The zero-order chi connectivity index (χ0) is 14.8. The first-order chi connectivity index (χ1) is 9.39. The van der Waals surface area contributed by atoms with Crippen LogP contribution in [0.1, 0.15) is 31.4 Å². The largest absolute Gasteiger partial charge is 0.448 e. The summed E-state index contributed by atoms with van der Waals surface area (Å²) in [4.78, 5) is 16.4. The van der Waals surface area contributed by atoms with Gasteiger partial charge in [0, 0.05) is 19.0 Å². The van der Waals surface area contributed by atoms with Crippen molar-refractivity contribution in [2.24, 2.45) is 0 Å². The molecule has 0 spiro atoms. The molecule has 7 heteroatoms. The van der Waals surface area contributed by atoms with Crippen molar-refractivity contribution in [2.75, 3.05) is 13.8 Å². The van der Waals surface area contributed by atoms with Crippen LogP contribution in [0.4, 0.5) is 8.78 Å². The highest BCUT2D eigenvalue weighted by Crippen LogP contribution is 2.43. The van der Waals surface area contributed by atoms with Gasteiger partial charge in [-0.1, -0.05) is 0 Å². The fraction of sp³-hybridized carbons (Fsp3) is 0.692. The number of hydrogen-bond donors (Lipinski definition) is 1. The molecule has 112 valence electrons. The Hall–Kier alpha value is -1.50. The van der Waals surface area contributed by atoms with Gasteiger partial charge in [-0.05, 0) is 26.8 Å². The molecule has 1 aromatic rings. The van der Waals surface area contributed by atoms with Gasteiger partial charge in [-0.3, -0.25) is 5.32 Å². The molecule has 0 aliphatic heterocycles. The maximum atomic E-state index is 13.4. The van der Waals surface area contributed by atoms with Gasteiger partial charge in [-0.25, -0.2) is 18.6 Å². The number of carbonyl (C=O) groups excluding carboxylic acids is 1. The summed E-state index contributed by atoms with van der Waals surface area (Å²) in [7, 11) is 1.65. The minimum absolute atomic E-state index is 0.0539. The number of aryl methyl sites for hydroxylation is 1. The Morgan fingerprint density at radius 1 is 1.45 bits per heavy atom. The molecule has 0 aromatic carbocycles. The van der Waals surface area contributed by atoms with E-state index in [1.807, 2.05) is 0 Å². The molecule has 0 unspecified atom stereocenters. The Labute approximate surface area is 116 Å². The molecular formula is C13H19F2N3O2. The van der Waals surface area contributed by atoms with Crippen LogP contribution in [0.25, 0.3) is 0 Å². The number of carbonyl (C=O) groups is 1. The molecule has 1 N–H and O–H groups in total.